The van der Waals surface area contributed by atoms with Gasteiger partial charge in [0.15, 0.2) is 17.3 Å². The molecule has 2 aromatic carbocycles. The Bertz CT molecular complexity index is 1340. The largest absolute Gasteiger partial charge is 0.507 e. The highest BCUT2D eigenvalue weighted by molar-refractivity contribution is 6.51. The number of esters is 1. The van der Waals surface area contributed by atoms with Crippen LogP contribution in [0.2, 0.25) is 0 Å². The lowest BCUT2D eigenvalue weighted by Gasteiger charge is -2.23. The fourth-order valence-corrected chi connectivity index (χ4v) is 3.91. The van der Waals surface area contributed by atoms with E-state index < -0.39 is 29.5 Å². The highest BCUT2D eigenvalue weighted by Gasteiger charge is 2.48. The number of ether oxygens (including phenoxy) is 3. The quantitative estimate of drug-likeness (QED) is 0.245. The molecular formula is C25H22N2O8. The first-order valence-corrected chi connectivity index (χ1v) is 10.5. The number of aliphatic hydroxyl groups is 1. The van der Waals surface area contributed by atoms with E-state index in [1.165, 1.54) is 45.6 Å². The van der Waals surface area contributed by atoms with Gasteiger partial charge in [-0.1, -0.05) is 17.3 Å². The number of aryl methyl sites for hydroxylation is 1. The van der Waals surface area contributed by atoms with Crippen molar-refractivity contribution in [3.05, 3.63) is 76.6 Å². The second kappa shape index (κ2) is 9.34. The third kappa shape index (κ3) is 4.10. The number of methoxy groups -OCH3 is 3. The molecule has 1 amide bonds. The number of carbonyl (C=O) groups excluding carboxylic acids is 3. The zero-order valence-electron chi connectivity index (χ0n) is 19.4. The number of aliphatic hydroxyl groups excluding tert-OH is 1. The molecular weight excluding hydrogens is 456 g/mol. The van der Waals surface area contributed by atoms with E-state index in [1.807, 2.05) is 0 Å². The molecule has 0 spiro atoms. The first-order chi connectivity index (χ1) is 16.8. The predicted octanol–water partition coefficient (Wildman–Crippen LogP) is 3.41. The molecule has 1 aliphatic heterocycles. The van der Waals surface area contributed by atoms with Crippen molar-refractivity contribution < 1.29 is 38.2 Å². The zero-order chi connectivity index (χ0) is 25.3. The number of anilines is 1. The van der Waals surface area contributed by atoms with Crippen molar-refractivity contribution in [3.63, 3.8) is 0 Å². The third-order valence-corrected chi connectivity index (χ3v) is 5.61. The summed E-state index contributed by atoms with van der Waals surface area (Å²) >= 11 is 0. The van der Waals surface area contributed by atoms with Crippen molar-refractivity contribution in [1.82, 2.24) is 5.16 Å². The maximum absolute atomic E-state index is 13.2. The van der Waals surface area contributed by atoms with Gasteiger partial charge >= 0.3 is 11.9 Å². The molecule has 4 rings (SSSR count). The van der Waals surface area contributed by atoms with Crippen LogP contribution in [-0.4, -0.2) is 49.3 Å². The van der Waals surface area contributed by atoms with Gasteiger partial charge in [0, 0.05) is 11.6 Å². The molecule has 1 N–H and O–H groups in total. The molecule has 1 saturated heterocycles. The number of benzene rings is 2. The van der Waals surface area contributed by atoms with Crippen LogP contribution in [0, 0.1) is 6.92 Å². The normalized spacial score (nSPS) is 16.9. The van der Waals surface area contributed by atoms with E-state index in [0.717, 1.165) is 4.90 Å². The summed E-state index contributed by atoms with van der Waals surface area (Å²) in [7, 11) is 4.18. The monoisotopic (exact) mass is 478 g/mol. The summed E-state index contributed by atoms with van der Waals surface area (Å²) in [5, 5.41) is 15.1. The fourth-order valence-electron chi connectivity index (χ4n) is 3.91. The minimum absolute atomic E-state index is 0.109. The Hall–Kier alpha value is -4.60. The van der Waals surface area contributed by atoms with Crippen molar-refractivity contribution in [2.45, 2.75) is 13.0 Å². The van der Waals surface area contributed by atoms with E-state index >= 15 is 0 Å². The van der Waals surface area contributed by atoms with Gasteiger partial charge in [0.25, 0.3) is 5.78 Å². The van der Waals surface area contributed by atoms with Crippen molar-refractivity contribution in [2.24, 2.45) is 0 Å². The van der Waals surface area contributed by atoms with E-state index in [2.05, 4.69) is 5.16 Å². The molecule has 1 aliphatic rings. The molecule has 2 heterocycles. The summed E-state index contributed by atoms with van der Waals surface area (Å²) in [5.74, 6) is -1.44. The molecule has 0 radical (unpaired) electrons. The highest BCUT2D eigenvalue weighted by Crippen LogP contribution is 2.42. The minimum Gasteiger partial charge on any atom is -0.507 e. The Labute approximate surface area is 200 Å². The first-order valence-electron chi connectivity index (χ1n) is 10.5. The summed E-state index contributed by atoms with van der Waals surface area (Å²) in [6, 6.07) is 11.2. The summed E-state index contributed by atoms with van der Waals surface area (Å²) < 4.78 is 20.4. The van der Waals surface area contributed by atoms with Crippen molar-refractivity contribution in [2.75, 3.05) is 26.2 Å². The second-order valence-corrected chi connectivity index (χ2v) is 7.65. The van der Waals surface area contributed by atoms with Gasteiger partial charge < -0.3 is 23.8 Å². The number of hydrogen-bond donors (Lipinski definition) is 1. The highest BCUT2D eigenvalue weighted by atomic mass is 16.5. The SMILES string of the molecule is COC(=O)c1ccc(C2/C(=C(\O)c3ccc(OC)c(OC)c3)C(=O)C(=O)N2c2cc(C)on2)cc1. The van der Waals surface area contributed by atoms with Crippen molar-refractivity contribution in [1.29, 1.82) is 0 Å². The smallest absolute Gasteiger partial charge is 0.337 e. The number of amides is 1. The fraction of sp³-hybridized carbons (Fsp3) is 0.200. The van der Waals surface area contributed by atoms with E-state index in [9.17, 15) is 19.5 Å². The average molecular weight is 478 g/mol. The summed E-state index contributed by atoms with van der Waals surface area (Å²) in [6.07, 6.45) is 0. The molecule has 1 unspecified atom stereocenters. The lowest BCUT2D eigenvalue weighted by molar-refractivity contribution is -0.132. The molecule has 3 aromatic rings. The average Bonchev–Trinajstić information content (AvgIpc) is 3.42. The van der Waals surface area contributed by atoms with Crippen molar-refractivity contribution in [3.8, 4) is 11.5 Å². The zero-order valence-corrected chi connectivity index (χ0v) is 19.4. The van der Waals surface area contributed by atoms with E-state index in [0.29, 0.717) is 22.8 Å². The summed E-state index contributed by atoms with van der Waals surface area (Å²) in [4.78, 5) is 39.3. The molecule has 0 bridgehead atoms. The van der Waals surface area contributed by atoms with Gasteiger partial charge in [0.05, 0.1) is 38.5 Å². The molecule has 1 atom stereocenters. The summed E-state index contributed by atoms with van der Waals surface area (Å²) in [6.45, 7) is 1.65. The molecule has 180 valence electrons. The van der Waals surface area contributed by atoms with Crippen LogP contribution in [0.25, 0.3) is 5.76 Å². The number of ketones is 1. The molecule has 1 aromatic heterocycles. The van der Waals surface area contributed by atoms with Crippen LogP contribution in [0.15, 0.2) is 58.6 Å². The van der Waals surface area contributed by atoms with Crippen molar-refractivity contribution >= 4 is 29.2 Å². The van der Waals surface area contributed by atoms with Gasteiger partial charge in [-0.15, -0.1) is 0 Å². The van der Waals surface area contributed by atoms with E-state index in [1.54, 1.807) is 31.2 Å². The van der Waals surface area contributed by atoms with E-state index in [-0.39, 0.29) is 22.5 Å². The molecule has 0 aliphatic carbocycles. The molecule has 10 nitrogen and oxygen atoms in total. The maximum atomic E-state index is 13.2. The van der Waals surface area contributed by atoms with Crippen LogP contribution in [-0.2, 0) is 14.3 Å². The van der Waals surface area contributed by atoms with E-state index in [4.69, 9.17) is 18.7 Å². The van der Waals surface area contributed by atoms with Crippen LogP contribution in [0.3, 0.4) is 0 Å². The van der Waals surface area contributed by atoms with Gasteiger partial charge in [0.1, 0.15) is 11.5 Å². The Balaban J connectivity index is 1.91. The van der Waals surface area contributed by atoms with Crippen LogP contribution in [0.5, 0.6) is 11.5 Å². The lowest BCUT2D eigenvalue weighted by Crippen LogP contribution is -2.29. The van der Waals surface area contributed by atoms with Crippen LogP contribution >= 0.6 is 0 Å². The molecule has 10 heteroatoms. The second-order valence-electron chi connectivity index (χ2n) is 7.65. The number of carbonyl (C=O) groups is 3. The van der Waals surface area contributed by atoms with Crippen LogP contribution in [0.4, 0.5) is 5.82 Å². The number of aromatic nitrogens is 1. The lowest BCUT2D eigenvalue weighted by atomic mass is 9.94. The first kappa shape index (κ1) is 23.6. The van der Waals surface area contributed by atoms with Gasteiger partial charge in [-0.3, -0.25) is 14.5 Å². The maximum Gasteiger partial charge on any atom is 0.337 e. The van der Waals surface area contributed by atoms with Gasteiger partial charge in [-0.2, -0.15) is 0 Å². The molecule has 0 saturated carbocycles. The number of Topliss-reactive ketones (excluding diaryl/α,β-unsaturated/α-hetero) is 1. The van der Waals surface area contributed by atoms with Gasteiger partial charge in [-0.05, 0) is 42.8 Å². The standard InChI is InChI=1S/C25H22N2O8/c1-13-11-19(26-35-13)27-21(14-5-7-15(8-6-14)25(31)34-4)20(23(29)24(27)30)22(28)16-9-10-17(32-2)18(12-16)33-3/h5-12,21,28H,1-4H3/b22-20+. The topological polar surface area (TPSA) is 128 Å². The molecule has 1 fully saturated rings. The van der Waals surface area contributed by atoms with Gasteiger partial charge in [0.2, 0.25) is 0 Å². The van der Waals surface area contributed by atoms with Crippen LogP contribution < -0.4 is 14.4 Å². The minimum atomic E-state index is -1.04. The Kier molecular flexibility index (Phi) is 6.28. The van der Waals surface area contributed by atoms with Gasteiger partial charge in [-0.25, -0.2) is 4.79 Å². The number of hydrogen-bond acceptors (Lipinski definition) is 9. The third-order valence-electron chi connectivity index (χ3n) is 5.61. The van der Waals surface area contributed by atoms with Crippen LogP contribution in [0.1, 0.15) is 33.3 Å². The number of nitrogens with zero attached hydrogens (tertiary/aromatic N) is 2. The summed E-state index contributed by atoms with van der Waals surface area (Å²) in [5.41, 5.74) is 0.826. The Morgan fingerprint density at radius 3 is 2.20 bits per heavy atom. The predicted molar refractivity (Wildman–Crippen MR) is 123 cm³/mol. The molecule has 35 heavy (non-hydrogen) atoms. The number of rotatable bonds is 6. The Morgan fingerprint density at radius 1 is 0.971 bits per heavy atom. The Morgan fingerprint density at radius 2 is 1.63 bits per heavy atom.